The molecule has 0 radical (unpaired) electrons. The highest BCUT2D eigenvalue weighted by atomic mass is 32.2. The number of nitrogens with zero attached hydrogens (tertiary/aromatic N) is 2. The summed E-state index contributed by atoms with van der Waals surface area (Å²) < 4.78 is 45.0. The van der Waals surface area contributed by atoms with Gasteiger partial charge in [-0.25, -0.2) is 13.2 Å². The van der Waals surface area contributed by atoms with Gasteiger partial charge in [-0.2, -0.15) is 0 Å². The third-order valence-corrected chi connectivity index (χ3v) is 10.2. The van der Waals surface area contributed by atoms with Crippen LogP contribution >= 0.6 is 23.5 Å². The number of hydrogen-bond acceptors (Lipinski definition) is 5. The number of carbonyl (C=O) groups is 2. The van der Waals surface area contributed by atoms with Crippen molar-refractivity contribution < 1.29 is 27.5 Å². The average Bonchev–Trinajstić information content (AvgIpc) is 3.61. The van der Waals surface area contributed by atoms with Gasteiger partial charge in [0.2, 0.25) is 11.8 Å². The molecule has 0 aliphatic heterocycles. The number of para-hydroxylation sites is 1. The summed E-state index contributed by atoms with van der Waals surface area (Å²) in [5.74, 6) is 1.52. The number of halogens is 3. The largest absolute Gasteiger partial charge is 0.491 e. The molecule has 0 spiro atoms. The summed E-state index contributed by atoms with van der Waals surface area (Å²) in [7, 11) is 3.55. The molecule has 11 heteroatoms. The number of thioether (sulfide) groups is 2. The summed E-state index contributed by atoms with van der Waals surface area (Å²) >= 11 is 3.24. The predicted molar refractivity (Wildman–Crippen MR) is 206 cm³/mol. The fourth-order valence-electron chi connectivity index (χ4n) is 5.28. The van der Waals surface area contributed by atoms with Crippen molar-refractivity contribution in [2.75, 3.05) is 25.6 Å². The summed E-state index contributed by atoms with van der Waals surface area (Å²) in [6, 6.07) is 25.3. The summed E-state index contributed by atoms with van der Waals surface area (Å²) in [5.41, 5.74) is 2.87. The quantitative estimate of drug-likeness (QED) is 0.0804. The predicted octanol–water partition coefficient (Wildman–Crippen LogP) is 10.1. The number of nitrogens with one attached hydrogen (secondary N) is 1. The van der Waals surface area contributed by atoms with Crippen molar-refractivity contribution in [1.29, 1.82) is 0 Å². The van der Waals surface area contributed by atoms with Crippen molar-refractivity contribution >= 4 is 46.2 Å². The van der Waals surface area contributed by atoms with Crippen LogP contribution in [0.4, 0.5) is 13.2 Å². The fourth-order valence-corrected chi connectivity index (χ4v) is 6.99. The van der Waals surface area contributed by atoms with Gasteiger partial charge in [0, 0.05) is 61.6 Å². The average molecular weight is 750 g/mol. The number of ether oxygens (including phenoxy) is 1. The summed E-state index contributed by atoms with van der Waals surface area (Å²) in [6.45, 7) is 4.70. The van der Waals surface area contributed by atoms with E-state index in [9.17, 15) is 22.8 Å². The van der Waals surface area contributed by atoms with Crippen molar-refractivity contribution in [3.63, 3.8) is 0 Å². The van der Waals surface area contributed by atoms with Gasteiger partial charge in [0.25, 0.3) is 0 Å². The lowest BCUT2D eigenvalue weighted by Gasteiger charge is -2.20. The Morgan fingerprint density at radius 3 is 1.75 bits per heavy atom. The van der Waals surface area contributed by atoms with Gasteiger partial charge >= 0.3 is 0 Å². The lowest BCUT2D eigenvalue weighted by Crippen LogP contribution is -2.26. The van der Waals surface area contributed by atoms with Crippen LogP contribution in [0.25, 0.3) is 10.9 Å². The maximum absolute atomic E-state index is 13.6. The van der Waals surface area contributed by atoms with Crippen LogP contribution < -0.4 is 4.74 Å². The Morgan fingerprint density at radius 2 is 1.21 bits per heavy atom. The van der Waals surface area contributed by atoms with Gasteiger partial charge < -0.3 is 19.5 Å². The van der Waals surface area contributed by atoms with Crippen molar-refractivity contribution in [2.45, 2.75) is 68.5 Å². The zero-order chi connectivity index (χ0) is 37.5. The van der Waals surface area contributed by atoms with Crippen molar-refractivity contribution in [2.24, 2.45) is 0 Å². The van der Waals surface area contributed by atoms with E-state index in [0.717, 1.165) is 44.2 Å². The van der Waals surface area contributed by atoms with E-state index in [2.05, 4.69) is 11.1 Å². The molecule has 6 nitrogen and oxygen atoms in total. The Bertz CT molecular complexity index is 1870. The zero-order valence-corrected chi connectivity index (χ0v) is 31.7. The van der Waals surface area contributed by atoms with Gasteiger partial charge in [0.05, 0.1) is 11.6 Å². The second-order valence-corrected chi connectivity index (χ2v) is 14.9. The van der Waals surface area contributed by atoms with Crippen LogP contribution in [0.1, 0.15) is 50.7 Å². The van der Waals surface area contributed by atoms with Gasteiger partial charge in [-0.15, -0.1) is 23.5 Å². The number of carbonyl (C=O) groups excluding carboxylic acids is 2. The van der Waals surface area contributed by atoms with Crippen LogP contribution in [-0.4, -0.2) is 58.3 Å². The molecular formula is C41H46F3N3O3S2. The van der Waals surface area contributed by atoms with Gasteiger partial charge in [-0.05, 0) is 122 Å². The molecule has 276 valence electrons. The molecule has 0 saturated heterocycles. The summed E-state index contributed by atoms with van der Waals surface area (Å²) in [5, 5.41) is 1.16. The Kier molecular flexibility index (Phi) is 16.0. The highest BCUT2D eigenvalue weighted by Gasteiger charge is 2.15. The molecule has 5 rings (SSSR count). The first-order chi connectivity index (χ1) is 25.0. The summed E-state index contributed by atoms with van der Waals surface area (Å²) in [4.78, 5) is 33.3. The second kappa shape index (κ2) is 20.6. The molecule has 0 bridgehead atoms. The lowest BCUT2D eigenvalue weighted by atomic mass is 10.1. The maximum Gasteiger partial charge on any atom is 0.222 e. The molecule has 1 heterocycles. The maximum atomic E-state index is 13.6. The zero-order valence-electron chi connectivity index (χ0n) is 30.0. The molecule has 0 saturated carbocycles. The molecule has 52 heavy (non-hydrogen) atoms. The number of H-pyrrole nitrogens is 1. The van der Waals surface area contributed by atoms with Gasteiger partial charge in [0.1, 0.15) is 23.2 Å². The molecule has 1 aromatic heterocycles. The van der Waals surface area contributed by atoms with Crippen LogP contribution in [0.2, 0.25) is 0 Å². The number of fused-ring (bicyclic) bond motifs is 1. The van der Waals surface area contributed by atoms with E-state index in [1.807, 2.05) is 45.3 Å². The summed E-state index contributed by atoms with van der Waals surface area (Å²) in [6.07, 6.45) is 4.33. The van der Waals surface area contributed by atoms with Crippen LogP contribution in [0.3, 0.4) is 0 Å². The monoisotopic (exact) mass is 749 g/mol. The van der Waals surface area contributed by atoms with Crippen LogP contribution in [0.15, 0.2) is 107 Å². The van der Waals surface area contributed by atoms with Gasteiger partial charge in [0.15, 0.2) is 0 Å². The number of aromatic nitrogens is 1. The third-order valence-electron chi connectivity index (χ3n) is 7.96. The van der Waals surface area contributed by atoms with E-state index < -0.39 is 0 Å². The van der Waals surface area contributed by atoms with E-state index in [4.69, 9.17) is 4.74 Å². The smallest absolute Gasteiger partial charge is 0.222 e. The Balaban J connectivity index is 0.000000233. The molecule has 0 fully saturated rings. The van der Waals surface area contributed by atoms with Gasteiger partial charge in [-0.1, -0.05) is 18.2 Å². The minimum absolute atomic E-state index is 0.00513. The molecule has 1 N–H and O–H groups in total. The Morgan fingerprint density at radius 1 is 0.692 bits per heavy atom. The Hall–Kier alpha value is -4.35. The molecule has 5 aromatic rings. The van der Waals surface area contributed by atoms with Crippen LogP contribution in [-0.2, 0) is 22.7 Å². The van der Waals surface area contributed by atoms with Crippen molar-refractivity contribution in [3.05, 3.63) is 126 Å². The number of aromatic amines is 1. The van der Waals surface area contributed by atoms with Crippen LogP contribution in [0, 0.1) is 17.5 Å². The van der Waals surface area contributed by atoms with Crippen molar-refractivity contribution in [1.82, 2.24) is 14.8 Å². The van der Waals surface area contributed by atoms with E-state index in [0.29, 0.717) is 43.7 Å². The van der Waals surface area contributed by atoms with E-state index in [-0.39, 0.29) is 35.4 Å². The number of amides is 2. The van der Waals surface area contributed by atoms with E-state index in [1.165, 1.54) is 36.4 Å². The fraction of sp³-hybridized carbons (Fsp3) is 0.317. The minimum Gasteiger partial charge on any atom is -0.491 e. The molecular weight excluding hydrogens is 704 g/mol. The first kappa shape index (κ1) is 40.4. The van der Waals surface area contributed by atoms with Crippen molar-refractivity contribution in [3.8, 4) is 5.75 Å². The second-order valence-electron chi connectivity index (χ2n) is 12.6. The lowest BCUT2D eigenvalue weighted by molar-refractivity contribution is -0.131. The Labute approximate surface area is 313 Å². The molecule has 4 aromatic carbocycles. The first-order valence-corrected chi connectivity index (χ1v) is 19.2. The first-order valence-electron chi connectivity index (χ1n) is 17.2. The highest BCUT2D eigenvalue weighted by molar-refractivity contribution is 7.99. The highest BCUT2D eigenvalue weighted by Crippen LogP contribution is 2.24. The number of rotatable bonds is 16. The van der Waals surface area contributed by atoms with Gasteiger partial charge in [-0.3, -0.25) is 9.59 Å². The number of benzene rings is 4. The standard InChI is InChI=1S/C21H25F2NO2S.C20H21FN2OS/c1-15(2)26-20-11-8-18(23)13-16(20)14-24(3)21(25)5-4-12-27-19-9-6-17(22)7-10-19;1-23(14-16-5-2-4-15-11-12-22-20(15)16)19(24)6-3-13-25-18-9-7-17(21)8-10-18/h6-11,13,15H,4-5,12,14H2,1-3H3;2,4-5,7-12,22H,3,6,13-14H2,1H3. The molecule has 2 amide bonds. The SMILES string of the molecule is CC(C)Oc1ccc(F)cc1CN(C)C(=O)CCCSc1ccc(F)cc1.CN(Cc1cccc2cc[nH]c12)C(=O)CCCSc1ccc(F)cc1. The van der Waals surface area contributed by atoms with E-state index >= 15 is 0 Å². The normalized spacial score (nSPS) is 10.9. The topological polar surface area (TPSA) is 65.6 Å². The number of hydrogen-bond donors (Lipinski definition) is 1. The molecule has 0 aliphatic rings. The molecule has 0 unspecified atom stereocenters. The molecule has 0 atom stereocenters. The minimum atomic E-state index is -0.349. The van der Waals surface area contributed by atoms with Crippen LogP contribution in [0.5, 0.6) is 5.75 Å². The third kappa shape index (κ3) is 13.3. The van der Waals surface area contributed by atoms with E-state index in [1.54, 1.807) is 70.7 Å². The molecule has 0 aliphatic carbocycles.